The van der Waals surface area contributed by atoms with Crippen molar-refractivity contribution in [3.63, 3.8) is 0 Å². The van der Waals surface area contributed by atoms with Gasteiger partial charge in [0.1, 0.15) is 5.75 Å². The molecule has 0 fully saturated rings. The Bertz CT molecular complexity index is 294. The number of carbonyl (C=O) groups excluding carboxylic acids is 1. The Morgan fingerprint density at radius 1 is 1.18 bits per heavy atom. The van der Waals surface area contributed by atoms with Crippen LogP contribution in [0.4, 0.5) is 0 Å². The molecule has 0 saturated heterocycles. The SMILES string of the molecule is CCCCCS(=O)(=O)CC(=O)NCCNC.Cl. The minimum Gasteiger partial charge on any atom is -0.354 e. The van der Waals surface area contributed by atoms with E-state index in [1.807, 2.05) is 6.92 Å². The zero-order chi connectivity index (χ0) is 12.4. The maximum absolute atomic E-state index is 11.5. The van der Waals surface area contributed by atoms with E-state index < -0.39 is 15.7 Å². The molecule has 0 aromatic heterocycles. The fourth-order valence-electron chi connectivity index (χ4n) is 1.22. The highest BCUT2D eigenvalue weighted by atomic mass is 35.5. The van der Waals surface area contributed by atoms with Gasteiger partial charge >= 0.3 is 0 Å². The number of likely N-dealkylation sites (N-methyl/N-ethyl adjacent to an activating group) is 1. The first-order valence-corrected chi connectivity index (χ1v) is 7.45. The van der Waals surface area contributed by atoms with Crippen LogP contribution in [0.1, 0.15) is 26.2 Å². The average Bonchev–Trinajstić information content (AvgIpc) is 2.17. The Morgan fingerprint density at radius 2 is 1.82 bits per heavy atom. The molecule has 0 aliphatic heterocycles. The molecule has 5 nitrogen and oxygen atoms in total. The van der Waals surface area contributed by atoms with E-state index in [0.717, 1.165) is 12.8 Å². The van der Waals surface area contributed by atoms with Crippen LogP contribution < -0.4 is 10.6 Å². The van der Waals surface area contributed by atoms with Gasteiger partial charge in [-0.25, -0.2) is 8.42 Å². The average molecular weight is 287 g/mol. The zero-order valence-electron chi connectivity index (χ0n) is 10.5. The van der Waals surface area contributed by atoms with Gasteiger partial charge in [-0.05, 0) is 13.5 Å². The van der Waals surface area contributed by atoms with Gasteiger partial charge in [-0.3, -0.25) is 4.79 Å². The highest BCUT2D eigenvalue weighted by Gasteiger charge is 2.15. The molecule has 0 aliphatic rings. The largest absolute Gasteiger partial charge is 0.354 e. The number of unbranched alkanes of at least 4 members (excludes halogenated alkanes) is 2. The summed E-state index contributed by atoms with van der Waals surface area (Å²) in [5, 5.41) is 5.41. The Morgan fingerprint density at radius 3 is 2.35 bits per heavy atom. The molecule has 0 saturated carbocycles. The Hall–Kier alpha value is -0.330. The van der Waals surface area contributed by atoms with Gasteiger partial charge in [0.25, 0.3) is 0 Å². The minimum atomic E-state index is -3.22. The molecular formula is C10H23ClN2O3S. The van der Waals surface area contributed by atoms with Crippen molar-refractivity contribution in [2.24, 2.45) is 0 Å². The van der Waals surface area contributed by atoms with Crippen LogP contribution in [-0.4, -0.2) is 46.0 Å². The van der Waals surface area contributed by atoms with Gasteiger partial charge in [-0.15, -0.1) is 12.4 Å². The molecule has 0 aromatic carbocycles. The summed E-state index contributed by atoms with van der Waals surface area (Å²) >= 11 is 0. The van der Waals surface area contributed by atoms with Gasteiger partial charge < -0.3 is 10.6 Å². The standard InChI is InChI=1S/C10H22N2O3S.ClH/c1-3-4-5-8-16(14,15)9-10(13)12-7-6-11-2;/h11H,3-9H2,1-2H3,(H,12,13);1H. The summed E-state index contributed by atoms with van der Waals surface area (Å²) in [5.41, 5.74) is 0. The van der Waals surface area contributed by atoms with E-state index in [9.17, 15) is 13.2 Å². The third-order valence-corrected chi connectivity index (χ3v) is 3.72. The van der Waals surface area contributed by atoms with Gasteiger partial charge in [-0.2, -0.15) is 0 Å². The predicted molar refractivity (Wildman–Crippen MR) is 72.4 cm³/mol. The van der Waals surface area contributed by atoms with Crippen LogP contribution in [0.3, 0.4) is 0 Å². The van der Waals surface area contributed by atoms with Crippen molar-refractivity contribution in [1.82, 2.24) is 10.6 Å². The molecule has 104 valence electrons. The Labute approximate surface area is 110 Å². The van der Waals surface area contributed by atoms with E-state index in [1.165, 1.54) is 0 Å². The summed E-state index contributed by atoms with van der Waals surface area (Å²) in [4.78, 5) is 11.2. The summed E-state index contributed by atoms with van der Waals surface area (Å²) < 4.78 is 22.9. The van der Waals surface area contributed by atoms with Crippen LogP contribution in [0.25, 0.3) is 0 Å². The molecule has 0 aromatic rings. The normalized spacial score (nSPS) is 10.7. The van der Waals surface area contributed by atoms with Crippen LogP contribution in [0.5, 0.6) is 0 Å². The van der Waals surface area contributed by atoms with Gasteiger partial charge in [0.05, 0.1) is 5.75 Å². The molecule has 0 unspecified atom stereocenters. The highest BCUT2D eigenvalue weighted by molar-refractivity contribution is 7.92. The van der Waals surface area contributed by atoms with E-state index in [0.29, 0.717) is 19.5 Å². The molecule has 0 bridgehead atoms. The van der Waals surface area contributed by atoms with E-state index in [4.69, 9.17) is 0 Å². The highest BCUT2D eigenvalue weighted by Crippen LogP contribution is 1.99. The van der Waals surface area contributed by atoms with Crippen LogP contribution in [0, 0.1) is 0 Å². The van der Waals surface area contributed by atoms with Crippen molar-refractivity contribution >= 4 is 28.2 Å². The Balaban J connectivity index is 0. The summed E-state index contributed by atoms with van der Waals surface area (Å²) in [6, 6.07) is 0. The van der Waals surface area contributed by atoms with Crippen molar-refractivity contribution in [1.29, 1.82) is 0 Å². The lowest BCUT2D eigenvalue weighted by atomic mass is 10.3. The number of sulfone groups is 1. The summed E-state index contributed by atoms with van der Waals surface area (Å²) in [5.74, 6) is -0.687. The molecule has 2 N–H and O–H groups in total. The maximum Gasteiger partial charge on any atom is 0.235 e. The molecule has 7 heteroatoms. The van der Waals surface area contributed by atoms with E-state index in [2.05, 4.69) is 10.6 Å². The van der Waals surface area contributed by atoms with Gasteiger partial charge in [0.15, 0.2) is 9.84 Å². The van der Waals surface area contributed by atoms with Crippen molar-refractivity contribution in [2.45, 2.75) is 26.2 Å². The first-order valence-electron chi connectivity index (χ1n) is 5.63. The first kappa shape index (κ1) is 19.0. The minimum absolute atomic E-state index is 0. The second-order valence-corrected chi connectivity index (χ2v) is 5.94. The monoisotopic (exact) mass is 286 g/mol. The Kier molecular flexibility index (Phi) is 12.1. The number of hydrogen-bond donors (Lipinski definition) is 2. The smallest absolute Gasteiger partial charge is 0.235 e. The number of carbonyl (C=O) groups is 1. The number of hydrogen-bond acceptors (Lipinski definition) is 4. The topological polar surface area (TPSA) is 75.3 Å². The molecule has 0 atom stereocenters. The molecule has 0 spiro atoms. The third-order valence-electron chi connectivity index (χ3n) is 2.11. The summed E-state index contributed by atoms with van der Waals surface area (Å²) in [6.07, 6.45) is 2.51. The second kappa shape index (κ2) is 10.8. The predicted octanol–water partition coefficient (Wildman–Crippen LogP) is 0.349. The lowest BCUT2D eigenvalue weighted by Crippen LogP contribution is -2.35. The van der Waals surface area contributed by atoms with Crippen LogP contribution in [0.15, 0.2) is 0 Å². The zero-order valence-corrected chi connectivity index (χ0v) is 12.1. The number of nitrogens with one attached hydrogen (secondary N) is 2. The lowest BCUT2D eigenvalue weighted by molar-refractivity contribution is -0.118. The van der Waals surface area contributed by atoms with E-state index in [-0.39, 0.29) is 23.9 Å². The number of halogens is 1. The van der Waals surface area contributed by atoms with Crippen molar-refractivity contribution < 1.29 is 13.2 Å². The fourth-order valence-corrected chi connectivity index (χ4v) is 2.51. The van der Waals surface area contributed by atoms with Crippen molar-refractivity contribution in [2.75, 3.05) is 31.6 Å². The van der Waals surface area contributed by atoms with Crippen LogP contribution in [-0.2, 0) is 14.6 Å². The van der Waals surface area contributed by atoms with Gasteiger partial charge in [-0.1, -0.05) is 19.8 Å². The summed E-state index contributed by atoms with van der Waals surface area (Å²) in [7, 11) is -1.45. The number of rotatable bonds is 9. The molecule has 0 aliphatic carbocycles. The van der Waals surface area contributed by atoms with E-state index >= 15 is 0 Å². The quantitative estimate of drug-likeness (QED) is 0.600. The maximum atomic E-state index is 11.5. The van der Waals surface area contributed by atoms with Gasteiger partial charge in [0.2, 0.25) is 5.91 Å². The first-order chi connectivity index (χ1) is 7.52. The number of amides is 1. The summed E-state index contributed by atoms with van der Waals surface area (Å²) in [6.45, 7) is 3.11. The van der Waals surface area contributed by atoms with Crippen molar-refractivity contribution in [3.05, 3.63) is 0 Å². The third kappa shape index (κ3) is 11.9. The molecule has 0 radical (unpaired) electrons. The molecule has 1 amide bonds. The van der Waals surface area contributed by atoms with Crippen LogP contribution >= 0.6 is 12.4 Å². The lowest BCUT2D eigenvalue weighted by Gasteiger charge is -2.05. The molecule has 0 rings (SSSR count). The second-order valence-electron chi connectivity index (χ2n) is 3.75. The van der Waals surface area contributed by atoms with Gasteiger partial charge in [0, 0.05) is 13.1 Å². The van der Waals surface area contributed by atoms with Crippen molar-refractivity contribution in [3.8, 4) is 0 Å². The molecule has 0 heterocycles. The molecular weight excluding hydrogens is 264 g/mol. The fraction of sp³-hybridized carbons (Fsp3) is 0.900. The van der Waals surface area contributed by atoms with E-state index in [1.54, 1.807) is 7.05 Å². The van der Waals surface area contributed by atoms with Crippen LogP contribution in [0.2, 0.25) is 0 Å². The molecule has 17 heavy (non-hydrogen) atoms.